The molecule has 0 unspecified atom stereocenters. The number of hydrogen-bond acceptors (Lipinski definition) is 7. The molecule has 4 rings (SSSR count). The molecule has 0 aliphatic carbocycles. The van der Waals surface area contributed by atoms with Gasteiger partial charge in [0.25, 0.3) is 11.1 Å². The number of carbonyl (C=O) groups is 3. The number of nitrogens with zero attached hydrogens (tertiary/aromatic N) is 2. The molecule has 3 amide bonds. The number of imide groups is 1. The Morgan fingerprint density at radius 1 is 1.09 bits per heavy atom. The summed E-state index contributed by atoms with van der Waals surface area (Å²) in [5.41, 5.74) is 1.69. The first-order chi connectivity index (χ1) is 16.0. The number of amides is 3. The summed E-state index contributed by atoms with van der Waals surface area (Å²) >= 11 is 0.822. The maximum absolute atomic E-state index is 12.8. The van der Waals surface area contributed by atoms with Crippen molar-refractivity contribution in [3.05, 3.63) is 64.6 Å². The van der Waals surface area contributed by atoms with Crippen LogP contribution >= 0.6 is 11.8 Å². The standard InChI is InChI=1S/C24H24N2O6S/c1-30-19-8-7-18(13-20(19)32-16-17-5-3-2-4-6-17)14-21-23(28)26(24(29)33-21)15-22(27)25-9-11-31-12-10-25/h2-8,13-14H,9-12,15-16H2,1H3/b21-14-. The van der Waals surface area contributed by atoms with Crippen LogP contribution in [0.4, 0.5) is 4.79 Å². The van der Waals surface area contributed by atoms with Crippen LogP contribution in [0, 0.1) is 0 Å². The van der Waals surface area contributed by atoms with Gasteiger partial charge in [0.05, 0.1) is 25.2 Å². The lowest BCUT2D eigenvalue weighted by atomic mass is 10.1. The predicted molar refractivity (Wildman–Crippen MR) is 124 cm³/mol. The average Bonchev–Trinajstić information content (AvgIpc) is 3.11. The van der Waals surface area contributed by atoms with E-state index in [4.69, 9.17) is 14.2 Å². The molecule has 2 heterocycles. The van der Waals surface area contributed by atoms with Crippen molar-refractivity contribution < 1.29 is 28.6 Å². The van der Waals surface area contributed by atoms with E-state index in [-0.39, 0.29) is 17.4 Å². The molecule has 33 heavy (non-hydrogen) atoms. The maximum atomic E-state index is 12.8. The van der Waals surface area contributed by atoms with E-state index in [1.807, 2.05) is 30.3 Å². The molecule has 0 spiro atoms. The van der Waals surface area contributed by atoms with Crippen molar-refractivity contribution >= 4 is 34.9 Å². The lowest BCUT2D eigenvalue weighted by Crippen LogP contribution is -2.46. The van der Waals surface area contributed by atoms with Crippen LogP contribution in [-0.2, 0) is 20.9 Å². The normalized spacial score (nSPS) is 17.5. The topological polar surface area (TPSA) is 85.4 Å². The largest absolute Gasteiger partial charge is 0.493 e. The third-order valence-electron chi connectivity index (χ3n) is 5.25. The summed E-state index contributed by atoms with van der Waals surface area (Å²) in [6.45, 7) is 1.93. The maximum Gasteiger partial charge on any atom is 0.294 e. The molecule has 2 aliphatic rings. The lowest BCUT2D eigenvalue weighted by Gasteiger charge is -2.28. The summed E-state index contributed by atoms with van der Waals surface area (Å²) in [6.07, 6.45) is 1.62. The third-order valence-corrected chi connectivity index (χ3v) is 6.16. The molecule has 2 aliphatic heterocycles. The van der Waals surface area contributed by atoms with Crippen molar-refractivity contribution in [1.82, 2.24) is 9.80 Å². The van der Waals surface area contributed by atoms with Crippen LogP contribution in [0.3, 0.4) is 0 Å². The molecule has 0 atom stereocenters. The lowest BCUT2D eigenvalue weighted by molar-refractivity contribution is -0.139. The number of ether oxygens (including phenoxy) is 3. The van der Waals surface area contributed by atoms with Crippen LogP contribution in [0.1, 0.15) is 11.1 Å². The van der Waals surface area contributed by atoms with Crippen molar-refractivity contribution in [2.75, 3.05) is 40.0 Å². The predicted octanol–water partition coefficient (Wildman–Crippen LogP) is 3.17. The summed E-state index contributed by atoms with van der Waals surface area (Å²) in [6, 6.07) is 15.0. The van der Waals surface area contributed by atoms with Crippen molar-refractivity contribution in [2.24, 2.45) is 0 Å². The molecule has 0 radical (unpaired) electrons. The smallest absolute Gasteiger partial charge is 0.294 e. The van der Waals surface area contributed by atoms with Gasteiger partial charge in [-0.2, -0.15) is 0 Å². The zero-order valence-corrected chi connectivity index (χ0v) is 19.0. The van der Waals surface area contributed by atoms with Gasteiger partial charge in [0.15, 0.2) is 11.5 Å². The fourth-order valence-corrected chi connectivity index (χ4v) is 4.31. The fraction of sp³-hybridized carbons (Fsp3) is 0.292. The summed E-state index contributed by atoms with van der Waals surface area (Å²) in [7, 11) is 1.56. The fourth-order valence-electron chi connectivity index (χ4n) is 3.47. The highest BCUT2D eigenvalue weighted by atomic mass is 32.2. The summed E-state index contributed by atoms with van der Waals surface area (Å²) in [5, 5.41) is -0.457. The Morgan fingerprint density at radius 2 is 1.85 bits per heavy atom. The van der Waals surface area contributed by atoms with Gasteiger partial charge >= 0.3 is 0 Å². The van der Waals surface area contributed by atoms with Crippen LogP contribution in [0.15, 0.2) is 53.4 Å². The van der Waals surface area contributed by atoms with Crippen molar-refractivity contribution in [3.8, 4) is 11.5 Å². The van der Waals surface area contributed by atoms with Crippen molar-refractivity contribution in [2.45, 2.75) is 6.61 Å². The van der Waals surface area contributed by atoms with Crippen LogP contribution in [0.2, 0.25) is 0 Å². The Hall–Kier alpha value is -3.30. The first-order valence-corrected chi connectivity index (χ1v) is 11.3. The Morgan fingerprint density at radius 3 is 2.58 bits per heavy atom. The quantitative estimate of drug-likeness (QED) is 0.577. The van der Waals surface area contributed by atoms with Gasteiger partial charge in [-0.05, 0) is 41.1 Å². The number of carbonyl (C=O) groups excluding carboxylic acids is 3. The molecular formula is C24H24N2O6S. The summed E-state index contributed by atoms with van der Waals surface area (Å²) < 4.78 is 16.5. The molecule has 0 bridgehead atoms. The minimum atomic E-state index is -0.478. The molecule has 0 aromatic heterocycles. The van der Waals surface area contributed by atoms with E-state index >= 15 is 0 Å². The zero-order valence-electron chi connectivity index (χ0n) is 18.2. The first kappa shape index (κ1) is 22.9. The van der Waals surface area contributed by atoms with E-state index in [2.05, 4.69) is 0 Å². The number of rotatable bonds is 7. The second-order valence-electron chi connectivity index (χ2n) is 7.45. The van der Waals surface area contributed by atoms with E-state index in [0.717, 1.165) is 22.2 Å². The number of thioether (sulfide) groups is 1. The van der Waals surface area contributed by atoms with Crippen LogP contribution in [0.5, 0.6) is 11.5 Å². The van der Waals surface area contributed by atoms with Crippen molar-refractivity contribution in [1.29, 1.82) is 0 Å². The molecule has 8 nitrogen and oxygen atoms in total. The van der Waals surface area contributed by atoms with E-state index in [1.54, 1.807) is 36.3 Å². The second kappa shape index (κ2) is 10.5. The van der Waals surface area contributed by atoms with Gasteiger partial charge in [-0.15, -0.1) is 0 Å². The molecule has 0 saturated carbocycles. The highest BCUT2D eigenvalue weighted by molar-refractivity contribution is 8.18. The van der Waals surface area contributed by atoms with Crippen LogP contribution < -0.4 is 9.47 Å². The Balaban J connectivity index is 1.47. The minimum Gasteiger partial charge on any atom is -0.493 e. The molecular weight excluding hydrogens is 444 g/mol. The SMILES string of the molecule is COc1ccc(/C=C2\SC(=O)N(CC(=O)N3CCOCC3)C2=O)cc1OCc1ccccc1. The Kier molecular flexibility index (Phi) is 7.31. The van der Waals surface area contributed by atoms with E-state index < -0.39 is 11.1 Å². The molecule has 2 aromatic rings. The molecule has 9 heteroatoms. The molecule has 172 valence electrons. The monoisotopic (exact) mass is 468 g/mol. The average molecular weight is 469 g/mol. The zero-order chi connectivity index (χ0) is 23.2. The van der Waals surface area contributed by atoms with Gasteiger partial charge in [-0.1, -0.05) is 36.4 Å². The number of hydrogen-bond donors (Lipinski definition) is 0. The Bertz CT molecular complexity index is 1070. The third kappa shape index (κ3) is 5.55. The van der Waals surface area contributed by atoms with Crippen LogP contribution in [-0.4, -0.2) is 66.8 Å². The van der Waals surface area contributed by atoms with E-state index in [1.165, 1.54) is 0 Å². The number of morpholine rings is 1. The highest BCUT2D eigenvalue weighted by Crippen LogP contribution is 2.34. The highest BCUT2D eigenvalue weighted by Gasteiger charge is 2.37. The molecule has 2 saturated heterocycles. The van der Waals surface area contributed by atoms with Gasteiger partial charge in [0.2, 0.25) is 5.91 Å². The van der Waals surface area contributed by atoms with Crippen LogP contribution in [0.25, 0.3) is 6.08 Å². The number of methoxy groups -OCH3 is 1. The molecule has 2 fully saturated rings. The van der Waals surface area contributed by atoms with Gasteiger partial charge in [0.1, 0.15) is 13.2 Å². The van der Waals surface area contributed by atoms with Gasteiger partial charge < -0.3 is 19.1 Å². The van der Waals surface area contributed by atoms with E-state index in [9.17, 15) is 14.4 Å². The first-order valence-electron chi connectivity index (χ1n) is 10.5. The van der Waals surface area contributed by atoms with Gasteiger partial charge in [-0.3, -0.25) is 19.3 Å². The second-order valence-corrected chi connectivity index (χ2v) is 8.44. The molecule has 2 aromatic carbocycles. The van der Waals surface area contributed by atoms with E-state index in [0.29, 0.717) is 50.0 Å². The summed E-state index contributed by atoms with van der Waals surface area (Å²) in [5.74, 6) is 0.348. The van der Waals surface area contributed by atoms with Gasteiger partial charge in [-0.25, -0.2) is 0 Å². The number of benzene rings is 2. The molecule has 0 N–H and O–H groups in total. The van der Waals surface area contributed by atoms with Gasteiger partial charge in [0, 0.05) is 13.1 Å². The summed E-state index contributed by atoms with van der Waals surface area (Å²) in [4.78, 5) is 40.6. The Labute approximate surface area is 196 Å². The minimum absolute atomic E-state index is 0.258. The van der Waals surface area contributed by atoms with Crippen molar-refractivity contribution in [3.63, 3.8) is 0 Å².